The summed E-state index contributed by atoms with van der Waals surface area (Å²) < 4.78 is 25.0. The zero-order valence-corrected chi connectivity index (χ0v) is 15.0. The molecule has 0 aliphatic carbocycles. The number of halogens is 2. The molecule has 1 aromatic rings. The molecule has 1 aliphatic heterocycles. The molecule has 6 nitrogen and oxygen atoms in total. The molecule has 0 aromatic carbocycles. The maximum absolute atomic E-state index is 11.7. The number of hydrogen-bond donors (Lipinski definition) is 1. The minimum atomic E-state index is -3.16. The minimum Gasteiger partial charge on any atom is -0.481 e. The Morgan fingerprint density at radius 3 is 2.81 bits per heavy atom. The van der Waals surface area contributed by atoms with Crippen LogP contribution >= 0.6 is 31.9 Å². The van der Waals surface area contributed by atoms with Crippen molar-refractivity contribution in [2.45, 2.75) is 19.0 Å². The van der Waals surface area contributed by atoms with Crippen molar-refractivity contribution in [1.82, 2.24) is 9.88 Å². The van der Waals surface area contributed by atoms with E-state index in [9.17, 15) is 13.2 Å². The van der Waals surface area contributed by atoms with Gasteiger partial charge in [0.1, 0.15) is 0 Å². The van der Waals surface area contributed by atoms with Gasteiger partial charge in [-0.25, -0.2) is 8.42 Å². The van der Waals surface area contributed by atoms with Crippen molar-refractivity contribution >= 4 is 47.7 Å². The monoisotopic (exact) mass is 440 g/mol. The molecule has 0 amide bonds. The van der Waals surface area contributed by atoms with Gasteiger partial charge in [-0.3, -0.25) is 14.7 Å². The summed E-state index contributed by atoms with van der Waals surface area (Å²) in [6.07, 6.45) is 1.47. The number of carboxylic acid groups (broad SMARTS) is 1. The molecule has 1 aromatic heterocycles. The first-order valence-corrected chi connectivity index (χ1v) is 9.64. The average Bonchev–Trinajstić information content (AvgIpc) is 2.34. The van der Waals surface area contributed by atoms with E-state index in [1.165, 1.54) is 0 Å². The van der Waals surface area contributed by atoms with E-state index in [0.29, 0.717) is 13.1 Å². The van der Waals surface area contributed by atoms with Gasteiger partial charge in [-0.15, -0.1) is 0 Å². The van der Waals surface area contributed by atoms with E-state index in [2.05, 4.69) is 36.8 Å². The van der Waals surface area contributed by atoms with Crippen LogP contribution in [0.2, 0.25) is 0 Å². The van der Waals surface area contributed by atoms with Crippen molar-refractivity contribution < 1.29 is 18.3 Å². The summed E-state index contributed by atoms with van der Waals surface area (Å²) in [5, 5.41) is 8.96. The lowest BCUT2D eigenvalue weighted by Gasteiger charge is -2.34. The van der Waals surface area contributed by atoms with Crippen molar-refractivity contribution in [2.24, 2.45) is 0 Å². The number of rotatable bonds is 4. The second kappa shape index (κ2) is 6.72. The standard InChI is InChI=1S/C12H14Br2N2O4S/c13-8-3-10(14)11(15-5-8)6-16-1-2-21(19,20)7-9(16)4-12(17)18/h3,5,9H,1-2,4,6-7H2,(H,17,18). The molecule has 9 heteroatoms. The zero-order chi connectivity index (χ0) is 15.6. The van der Waals surface area contributed by atoms with Crippen LogP contribution in [0.4, 0.5) is 0 Å². The average molecular weight is 442 g/mol. The van der Waals surface area contributed by atoms with E-state index in [1.54, 1.807) is 6.20 Å². The van der Waals surface area contributed by atoms with Crippen LogP contribution in [0.15, 0.2) is 21.2 Å². The van der Waals surface area contributed by atoms with Crippen LogP contribution in [0.25, 0.3) is 0 Å². The molecule has 21 heavy (non-hydrogen) atoms. The van der Waals surface area contributed by atoms with Crippen LogP contribution in [0, 0.1) is 0 Å². The normalized spacial score (nSPS) is 22.1. The molecule has 0 bridgehead atoms. The van der Waals surface area contributed by atoms with Crippen LogP contribution in [0.3, 0.4) is 0 Å². The predicted molar refractivity (Wildman–Crippen MR) is 84.7 cm³/mol. The smallest absolute Gasteiger partial charge is 0.304 e. The summed E-state index contributed by atoms with van der Waals surface area (Å²) in [4.78, 5) is 17.1. The first-order valence-electron chi connectivity index (χ1n) is 6.23. The lowest BCUT2D eigenvalue weighted by molar-refractivity contribution is -0.138. The quantitative estimate of drug-likeness (QED) is 0.764. The topological polar surface area (TPSA) is 87.6 Å². The lowest BCUT2D eigenvalue weighted by atomic mass is 10.2. The Labute approximate surface area is 139 Å². The molecule has 2 heterocycles. The maximum atomic E-state index is 11.7. The highest BCUT2D eigenvalue weighted by atomic mass is 79.9. The third kappa shape index (κ3) is 4.73. The summed E-state index contributed by atoms with van der Waals surface area (Å²) in [6.45, 7) is 0.742. The fourth-order valence-electron chi connectivity index (χ4n) is 2.27. The van der Waals surface area contributed by atoms with Crippen molar-refractivity contribution in [3.63, 3.8) is 0 Å². The fraction of sp³-hybridized carbons (Fsp3) is 0.500. The Morgan fingerprint density at radius 1 is 1.48 bits per heavy atom. The summed E-state index contributed by atoms with van der Waals surface area (Å²) in [7, 11) is -3.16. The Bertz CT molecular complexity index is 651. The third-order valence-corrected chi connectivity index (χ3v) is 6.12. The Hall–Kier alpha value is -0.510. The Kier molecular flexibility index (Phi) is 5.39. The first-order chi connectivity index (χ1) is 9.77. The van der Waals surface area contributed by atoms with Crippen molar-refractivity contribution in [2.75, 3.05) is 18.1 Å². The highest BCUT2D eigenvalue weighted by molar-refractivity contribution is 9.11. The fourth-order valence-corrected chi connectivity index (χ4v) is 4.98. The van der Waals surface area contributed by atoms with Gasteiger partial charge >= 0.3 is 5.97 Å². The van der Waals surface area contributed by atoms with Gasteiger partial charge in [-0.1, -0.05) is 0 Å². The van der Waals surface area contributed by atoms with Crippen LogP contribution in [-0.4, -0.2) is 53.5 Å². The molecule has 0 saturated carbocycles. The molecule has 1 aliphatic rings. The van der Waals surface area contributed by atoms with Gasteiger partial charge in [0.15, 0.2) is 9.84 Å². The summed E-state index contributed by atoms with van der Waals surface area (Å²) >= 11 is 6.73. The van der Waals surface area contributed by atoms with Crippen LogP contribution in [0.5, 0.6) is 0 Å². The Balaban J connectivity index is 2.18. The van der Waals surface area contributed by atoms with Crippen molar-refractivity contribution in [3.05, 3.63) is 26.9 Å². The van der Waals surface area contributed by atoms with Crippen molar-refractivity contribution in [3.8, 4) is 0 Å². The molecule has 0 spiro atoms. The largest absolute Gasteiger partial charge is 0.481 e. The molecule has 1 N–H and O–H groups in total. The highest BCUT2D eigenvalue weighted by Crippen LogP contribution is 2.23. The number of carboxylic acids is 1. The lowest BCUT2D eigenvalue weighted by Crippen LogP contribution is -2.48. The number of aromatic nitrogens is 1. The number of nitrogens with zero attached hydrogens (tertiary/aromatic N) is 2. The van der Waals surface area contributed by atoms with E-state index < -0.39 is 21.8 Å². The molecule has 1 fully saturated rings. The molecule has 1 saturated heterocycles. The van der Waals surface area contributed by atoms with Gasteiger partial charge in [-0.05, 0) is 37.9 Å². The molecule has 1 atom stereocenters. The van der Waals surface area contributed by atoms with E-state index in [-0.39, 0.29) is 17.9 Å². The van der Waals surface area contributed by atoms with Crippen molar-refractivity contribution in [1.29, 1.82) is 0 Å². The van der Waals surface area contributed by atoms with Gasteiger partial charge in [0.25, 0.3) is 0 Å². The number of carbonyl (C=O) groups is 1. The molecule has 2 rings (SSSR count). The van der Waals surface area contributed by atoms with Gasteiger partial charge in [0, 0.05) is 34.3 Å². The van der Waals surface area contributed by atoms with E-state index >= 15 is 0 Å². The number of pyridine rings is 1. The minimum absolute atomic E-state index is 0.0528. The molecule has 1 unspecified atom stereocenters. The van der Waals surface area contributed by atoms with Crippen LogP contribution in [-0.2, 0) is 21.2 Å². The summed E-state index contributed by atoms with van der Waals surface area (Å²) in [5.41, 5.74) is 0.757. The molecule has 116 valence electrons. The number of sulfone groups is 1. The van der Waals surface area contributed by atoms with Crippen LogP contribution in [0.1, 0.15) is 12.1 Å². The molecular formula is C12H14Br2N2O4S. The Morgan fingerprint density at radius 2 is 2.19 bits per heavy atom. The number of aliphatic carboxylic acids is 1. The van der Waals surface area contributed by atoms with Gasteiger partial charge in [0.2, 0.25) is 0 Å². The second-order valence-electron chi connectivity index (χ2n) is 4.92. The third-order valence-electron chi connectivity index (χ3n) is 3.30. The zero-order valence-electron chi connectivity index (χ0n) is 11.0. The van der Waals surface area contributed by atoms with Gasteiger partial charge in [0.05, 0.1) is 23.6 Å². The van der Waals surface area contributed by atoms with Gasteiger partial charge in [-0.2, -0.15) is 0 Å². The second-order valence-corrected chi connectivity index (χ2v) is 8.92. The summed E-state index contributed by atoms with van der Waals surface area (Å²) in [5.74, 6) is -1.06. The summed E-state index contributed by atoms with van der Waals surface area (Å²) in [6, 6.07) is 1.34. The first kappa shape index (κ1) is 16.9. The van der Waals surface area contributed by atoms with E-state index in [4.69, 9.17) is 5.11 Å². The van der Waals surface area contributed by atoms with Crippen LogP contribution < -0.4 is 0 Å². The SMILES string of the molecule is O=C(O)CC1CS(=O)(=O)CCN1Cc1ncc(Br)cc1Br. The highest BCUT2D eigenvalue weighted by Gasteiger charge is 2.33. The molecule has 0 radical (unpaired) electrons. The maximum Gasteiger partial charge on any atom is 0.304 e. The van der Waals surface area contributed by atoms with Gasteiger partial charge < -0.3 is 5.11 Å². The molecular weight excluding hydrogens is 428 g/mol. The number of hydrogen-bond acceptors (Lipinski definition) is 5. The van der Waals surface area contributed by atoms with E-state index in [1.807, 2.05) is 11.0 Å². The predicted octanol–water partition coefficient (Wildman–Crippen LogP) is 1.68. The van der Waals surface area contributed by atoms with E-state index in [0.717, 1.165) is 14.6 Å².